The van der Waals surface area contributed by atoms with Crippen molar-refractivity contribution < 1.29 is 14.6 Å². The SMILES string of the molecule is COC(=O)N1CCN(c2ccc([O])cc2)CC1. The lowest BCUT2D eigenvalue weighted by atomic mass is 10.2. The third-order valence-electron chi connectivity index (χ3n) is 2.91. The number of rotatable bonds is 1. The van der Waals surface area contributed by atoms with Gasteiger partial charge in [-0.05, 0) is 24.3 Å². The first-order chi connectivity index (χ1) is 8.20. The van der Waals surface area contributed by atoms with E-state index in [0.29, 0.717) is 13.1 Å². The molecule has 2 rings (SSSR count). The molecule has 5 nitrogen and oxygen atoms in total. The molecule has 1 fully saturated rings. The van der Waals surface area contributed by atoms with Gasteiger partial charge in [0.15, 0.2) is 5.75 Å². The third-order valence-corrected chi connectivity index (χ3v) is 2.91. The molecule has 1 amide bonds. The molecular weight excluding hydrogens is 220 g/mol. The lowest BCUT2D eigenvalue weighted by molar-refractivity contribution is 0.121. The Balaban J connectivity index is 1.95. The predicted molar refractivity (Wildman–Crippen MR) is 62.8 cm³/mol. The van der Waals surface area contributed by atoms with Gasteiger partial charge < -0.3 is 14.5 Å². The summed E-state index contributed by atoms with van der Waals surface area (Å²) in [6.07, 6.45) is -0.278. The minimum Gasteiger partial charge on any atom is -0.453 e. The van der Waals surface area contributed by atoms with Crippen molar-refractivity contribution in [2.75, 3.05) is 38.2 Å². The summed E-state index contributed by atoms with van der Waals surface area (Å²) in [5, 5.41) is 11.0. The van der Waals surface area contributed by atoms with Gasteiger partial charge in [0.1, 0.15) is 0 Å². The molecule has 1 aromatic carbocycles. The molecule has 0 aliphatic carbocycles. The fourth-order valence-electron chi connectivity index (χ4n) is 1.93. The summed E-state index contributed by atoms with van der Waals surface area (Å²) in [4.78, 5) is 15.1. The molecule has 1 saturated heterocycles. The fraction of sp³-hybridized carbons (Fsp3) is 0.417. The van der Waals surface area contributed by atoms with E-state index in [2.05, 4.69) is 9.64 Å². The van der Waals surface area contributed by atoms with Gasteiger partial charge in [-0.1, -0.05) is 0 Å². The number of nitrogens with zero attached hydrogens (tertiary/aromatic N) is 2. The lowest BCUT2D eigenvalue weighted by Gasteiger charge is -2.35. The van der Waals surface area contributed by atoms with Crippen LogP contribution in [0.1, 0.15) is 0 Å². The highest BCUT2D eigenvalue weighted by atomic mass is 16.5. The summed E-state index contributed by atoms with van der Waals surface area (Å²) < 4.78 is 4.67. The van der Waals surface area contributed by atoms with E-state index in [0.717, 1.165) is 18.8 Å². The van der Waals surface area contributed by atoms with Crippen molar-refractivity contribution >= 4 is 11.8 Å². The quantitative estimate of drug-likeness (QED) is 0.744. The topological polar surface area (TPSA) is 52.7 Å². The molecule has 1 aromatic rings. The van der Waals surface area contributed by atoms with Crippen LogP contribution in [0.15, 0.2) is 24.3 Å². The number of amides is 1. The maximum atomic E-state index is 11.3. The monoisotopic (exact) mass is 235 g/mol. The van der Waals surface area contributed by atoms with Crippen molar-refractivity contribution in [2.45, 2.75) is 0 Å². The smallest absolute Gasteiger partial charge is 0.409 e. The van der Waals surface area contributed by atoms with Crippen LogP contribution in [0.3, 0.4) is 0 Å². The Morgan fingerprint density at radius 1 is 1.12 bits per heavy atom. The van der Waals surface area contributed by atoms with E-state index in [4.69, 9.17) is 0 Å². The Labute approximate surface area is 100 Å². The summed E-state index contributed by atoms with van der Waals surface area (Å²) in [6, 6.07) is 6.75. The standard InChI is InChI=1S/C12H15N2O3/c1-17-12(16)14-8-6-13(7-9-14)10-2-4-11(15)5-3-10/h2-5H,6-9H2,1H3. The van der Waals surface area contributed by atoms with Crippen molar-refractivity contribution in [1.29, 1.82) is 0 Å². The molecule has 5 heteroatoms. The highest BCUT2D eigenvalue weighted by Gasteiger charge is 2.21. The Hall–Kier alpha value is -1.91. The first-order valence-electron chi connectivity index (χ1n) is 5.55. The molecule has 91 valence electrons. The van der Waals surface area contributed by atoms with Gasteiger partial charge in [0, 0.05) is 31.9 Å². The van der Waals surface area contributed by atoms with E-state index in [1.165, 1.54) is 7.11 Å². The Bertz CT molecular complexity index is 383. The highest BCUT2D eigenvalue weighted by Crippen LogP contribution is 2.20. The van der Waals surface area contributed by atoms with Gasteiger partial charge in [-0.15, -0.1) is 0 Å². The Morgan fingerprint density at radius 3 is 2.24 bits per heavy atom. The molecule has 0 spiro atoms. The zero-order valence-corrected chi connectivity index (χ0v) is 9.76. The molecule has 1 radical (unpaired) electrons. The molecular formula is C12H15N2O3. The Morgan fingerprint density at radius 2 is 1.71 bits per heavy atom. The van der Waals surface area contributed by atoms with E-state index in [1.54, 1.807) is 17.0 Å². The van der Waals surface area contributed by atoms with Crippen molar-refractivity contribution in [1.82, 2.24) is 4.90 Å². The summed E-state index contributed by atoms with van der Waals surface area (Å²) >= 11 is 0. The van der Waals surface area contributed by atoms with Crippen LogP contribution in [0.25, 0.3) is 0 Å². The Kier molecular flexibility index (Phi) is 3.37. The maximum Gasteiger partial charge on any atom is 0.409 e. The van der Waals surface area contributed by atoms with E-state index in [1.807, 2.05) is 12.1 Å². The largest absolute Gasteiger partial charge is 0.453 e. The van der Waals surface area contributed by atoms with Gasteiger partial charge >= 0.3 is 6.09 Å². The molecule has 0 aromatic heterocycles. The number of piperazine rings is 1. The van der Waals surface area contributed by atoms with Crippen LogP contribution < -0.4 is 4.90 Å². The van der Waals surface area contributed by atoms with E-state index in [-0.39, 0.29) is 11.8 Å². The molecule has 1 aliphatic rings. The molecule has 0 saturated carbocycles. The van der Waals surface area contributed by atoms with Gasteiger partial charge in [0.2, 0.25) is 0 Å². The van der Waals surface area contributed by atoms with Crippen LogP contribution >= 0.6 is 0 Å². The summed E-state index contributed by atoms with van der Waals surface area (Å²) in [5.74, 6) is 0.0157. The number of ether oxygens (including phenoxy) is 1. The minimum atomic E-state index is -0.278. The van der Waals surface area contributed by atoms with Crippen molar-refractivity contribution in [3.05, 3.63) is 24.3 Å². The van der Waals surface area contributed by atoms with Gasteiger partial charge in [0.25, 0.3) is 0 Å². The van der Waals surface area contributed by atoms with E-state index < -0.39 is 0 Å². The third kappa shape index (κ3) is 2.61. The lowest BCUT2D eigenvalue weighted by Crippen LogP contribution is -2.48. The summed E-state index contributed by atoms with van der Waals surface area (Å²) in [5.41, 5.74) is 1.02. The van der Waals surface area contributed by atoms with Crippen LogP contribution in [-0.2, 0) is 9.84 Å². The number of hydrogen-bond donors (Lipinski definition) is 0. The van der Waals surface area contributed by atoms with E-state index >= 15 is 0 Å². The zero-order valence-electron chi connectivity index (χ0n) is 9.76. The van der Waals surface area contributed by atoms with Crippen LogP contribution in [0.2, 0.25) is 0 Å². The molecule has 1 aliphatic heterocycles. The van der Waals surface area contributed by atoms with Gasteiger partial charge in [-0.3, -0.25) is 5.11 Å². The molecule has 1 heterocycles. The van der Waals surface area contributed by atoms with Crippen molar-refractivity contribution in [3.63, 3.8) is 0 Å². The van der Waals surface area contributed by atoms with Crippen molar-refractivity contribution in [2.24, 2.45) is 0 Å². The van der Waals surface area contributed by atoms with Crippen LogP contribution in [0.5, 0.6) is 5.75 Å². The number of hydrogen-bond acceptors (Lipinski definition) is 3. The summed E-state index contributed by atoms with van der Waals surface area (Å²) in [6.45, 7) is 2.80. The van der Waals surface area contributed by atoms with Gasteiger partial charge in [0.05, 0.1) is 7.11 Å². The van der Waals surface area contributed by atoms with Crippen LogP contribution in [0.4, 0.5) is 10.5 Å². The number of anilines is 1. The zero-order chi connectivity index (χ0) is 12.3. The van der Waals surface area contributed by atoms with E-state index in [9.17, 15) is 9.90 Å². The van der Waals surface area contributed by atoms with Gasteiger partial charge in [-0.2, -0.15) is 0 Å². The van der Waals surface area contributed by atoms with Crippen LogP contribution in [-0.4, -0.2) is 44.3 Å². The minimum absolute atomic E-state index is 0.0157. The molecule has 0 unspecified atom stereocenters. The highest BCUT2D eigenvalue weighted by molar-refractivity contribution is 5.68. The summed E-state index contributed by atoms with van der Waals surface area (Å²) in [7, 11) is 1.39. The molecule has 0 atom stereocenters. The predicted octanol–water partition coefficient (Wildman–Crippen LogP) is 1.72. The maximum absolute atomic E-state index is 11.3. The average Bonchev–Trinajstić information content (AvgIpc) is 2.39. The van der Waals surface area contributed by atoms with Gasteiger partial charge in [-0.25, -0.2) is 4.79 Å². The number of carbonyl (C=O) groups is 1. The number of methoxy groups -OCH3 is 1. The molecule has 17 heavy (non-hydrogen) atoms. The fourth-order valence-corrected chi connectivity index (χ4v) is 1.93. The second-order valence-corrected chi connectivity index (χ2v) is 3.94. The molecule has 0 bridgehead atoms. The first-order valence-corrected chi connectivity index (χ1v) is 5.55. The first kappa shape index (κ1) is 11.6. The number of benzene rings is 1. The number of carbonyl (C=O) groups excluding carboxylic acids is 1. The van der Waals surface area contributed by atoms with Crippen LogP contribution in [0, 0.1) is 0 Å². The second-order valence-electron chi connectivity index (χ2n) is 3.94. The normalized spacial score (nSPS) is 15.8. The molecule has 0 N–H and O–H groups in total. The second kappa shape index (κ2) is 4.95. The van der Waals surface area contributed by atoms with Crippen molar-refractivity contribution in [3.8, 4) is 5.75 Å². The average molecular weight is 235 g/mol.